The summed E-state index contributed by atoms with van der Waals surface area (Å²) in [5, 5.41) is 41.9. The minimum absolute atomic E-state index is 0.0292. The van der Waals surface area contributed by atoms with Gasteiger partial charge < -0.3 is 30.3 Å². The first-order valence-corrected chi connectivity index (χ1v) is 7.75. The monoisotopic (exact) mass is 432 g/mol. The molecular formula is C18H24O12. The Morgan fingerprint density at radius 2 is 0.933 bits per heavy atom. The molecule has 12 heteroatoms. The van der Waals surface area contributed by atoms with Gasteiger partial charge in [-0.1, -0.05) is 19.7 Å². The van der Waals surface area contributed by atoms with Crippen molar-refractivity contribution in [3.63, 3.8) is 0 Å². The van der Waals surface area contributed by atoms with Crippen LogP contribution in [0.15, 0.2) is 36.5 Å². The van der Waals surface area contributed by atoms with Gasteiger partial charge in [-0.3, -0.25) is 14.4 Å². The van der Waals surface area contributed by atoms with Gasteiger partial charge in [-0.25, -0.2) is 14.4 Å². The number of rotatable bonds is 9. The highest BCUT2D eigenvalue weighted by Gasteiger charge is 2.54. The van der Waals surface area contributed by atoms with E-state index in [0.717, 1.165) is 0 Å². The number of esters is 1. The molecular weight excluding hydrogens is 408 g/mol. The van der Waals surface area contributed by atoms with Crippen molar-refractivity contribution in [3.05, 3.63) is 36.5 Å². The van der Waals surface area contributed by atoms with Crippen molar-refractivity contribution in [2.45, 2.75) is 27.2 Å². The summed E-state index contributed by atoms with van der Waals surface area (Å²) >= 11 is 0. The number of hydrogen-bond donors (Lipinski definition) is 5. The molecule has 0 aromatic carbocycles. The van der Waals surface area contributed by atoms with Crippen LogP contribution in [0.5, 0.6) is 0 Å². The normalized spacial score (nSPS) is 9.30. The summed E-state index contributed by atoms with van der Waals surface area (Å²) in [7, 11) is 0. The second-order valence-corrected chi connectivity index (χ2v) is 5.66. The van der Waals surface area contributed by atoms with Crippen LogP contribution in [0, 0.1) is 5.41 Å². The van der Waals surface area contributed by atoms with Crippen molar-refractivity contribution in [1.82, 2.24) is 0 Å². The summed E-state index contributed by atoms with van der Waals surface area (Å²) in [6.45, 7) is 13.1. The van der Waals surface area contributed by atoms with E-state index in [1.165, 1.54) is 20.8 Å². The summed E-state index contributed by atoms with van der Waals surface area (Å²) in [5.41, 5.74) is -2.65. The first-order valence-electron chi connectivity index (χ1n) is 7.75. The van der Waals surface area contributed by atoms with E-state index in [0.29, 0.717) is 0 Å². The third kappa shape index (κ3) is 11.7. The predicted molar refractivity (Wildman–Crippen MR) is 101 cm³/mol. The van der Waals surface area contributed by atoms with Crippen molar-refractivity contribution in [3.8, 4) is 0 Å². The number of carbonyl (C=O) groups is 6. The van der Waals surface area contributed by atoms with Crippen LogP contribution in [0.25, 0.3) is 0 Å². The van der Waals surface area contributed by atoms with Gasteiger partial charge in [-0.05, 0) is 20.8 Å². The van der Waals surface area contributed by atoms with E-state index >= 15 is 0 Å². The fraction of sp³-hybridized carbons (Fsp3) is 0.333. The molecule has 0 unspecified atom stereocenters. The smallest absolute Gasteiger partial charge is 0.333 e. The molecule has 0 spiro atoms. The Hall–Kier alpha value is -3.96. The van der Waals surface area contributed by atoms with E-state index in [-0.39, 0.29) is 16.7 Å². The molecule has 0 atom stereocenters. The van der Waals surface area contributed by atoms with E-state index < -0.39 is 54.3 Å². The van der Waals surface area contributed by atoms with Crippen molar-refractivity contribution < 1.29 is 59.0 Å². The Morgan fingerprint density at radius 3 is 1.10 bits per heavy atom. The molecule has 0 bridgehead atoms. The number of hydrogen-bond acceptors (Lipinski definition) is 7. The second kappa shape index (κ2) is 14.1. The van der Waals surface area contributed by atoms with Crippen LogP contribution in [0.3, 0.4) is 0 Å². The van der Waals surface area contributed by atoms with E-state index in [9.17, 15) is 28.8 Å². The number of carboxylic acids is 5. The predicted octanol–water partition coefficient (Wildman–Crippen LogP) is 1.03. The minimum atomic E-state index is -3.03. The molecule has 12 nitrogen and oxygen atoms in total. The Kier molecular flexibility index (Phi) is 14.5. The highest BCUT2D eigenvalue weighted by atomic mass is 16.5. The van der Waals surface area contributed by atoms with E-state index in [2.05, 4.69) is 24.5 Å². The maximum atomic E-state index is 11.0. The molecule has 0 rings (SSSR count). The molecule has 0 aliphatic heterocycles. The third-order valence-electron chi connectivity index (χ3n) is 2.88. The number of ether oxygens (including phenoxy) is 1. The van der Waals surface area contributed by atoms with Gasteiger partial charge in [-0.2, -0.15) is 0 Å². The van der Waals surface area contributed by atoms with Crippen LogP contribution >= 0.6 is 0 Å². The first-order chi connectivity index (χ1) is 13.4. The minimum Gasteiger partial charge on any atom is -0.480 e. The lowest BCUT2D eigenvalue weighted by molar-refractivity contribution is -0.178. The third-order valence-corrected chi connectivity index (χ3v) is 2.88. The molecule has 0 aliphatic carbocycles. The van der Waals surface area contributed by atoms with E-state index in [4.69, 9.17) is 25.5 Å². The largest absolute Gasteiger partial charge is 0.480 e. The Morgan fingerprint density at radius 1 is 0.667 bits per heavy atom. The lowest BCUT2D eigenvalue weighted by Gasteiger charge is -2.19. The van der Waals surface area contributed by atoms with Gasteiger partial charge in [-0.15, -0.1) is 0 Å². The molecule has 30 heavy (non-hydrogen) atoms. The Balaban J connectivity index is -0.000000495. The van der Waals surface area contributed by atoms with Gasteiger partial charge in [0.2, 0.25) is 0 Å². The van der Waals surface area contributed by atoms with Crippen molar-refractivity contribution >= 4 is 35.8 Å². The lowest BCUT2D eigenvalue weighted by atomic mass is 9.85. The van der Waals surface area contributed by atoms with Crippen LogP contribution in [0.4, 0.5) is 0 Å². The van der Waals surface area contributed by atoms with Crippen molar-refractivity contribution in [2.24, 2.45) is 5.41 Å². The summed E-state index contributed by atoms with van der Waals surface area (Å²) in [6, 6.07) is 0. The maximum Gasteiger partial charge on any atom is 0.333 e. The molecule has 0 aromatic rings. The quantitative estimate of drug-likeness (QED) is 0.196. The molecule has 0 saturated carbocycles. The molecule has 168 valence electrons. The zero-order valence-electron chi connectivity index (χ0n) is 16.6. The van der Waals surface area contributed by atoms with Gasteiger partial charge in [0.15, 0.2) is 0 Å². The molecule has 0 amide bonds. The zero-order chi connectivity index (χ0) is 24.8. The first kappa shape index (κ1) is 30.8. The maximum absolute atomic E-state index is 11.0. The van der Waals surface area contributed by atoms with Gasteiger partial charge in [0.05, 0.1) is 6.61 Å². The van der Waals surface area contributed by atoms with Gasteiger partial charge in [0.25, 0.3) is 5.41 Å². The highest BCUT2D eigenvalue weighted by Crippen LogP contribution is 2.24. The second-order valence-electron chi connectivity index (χ2n) is 5.66. The van der Waals surface area contributed by atoms with E-state index in [1.54, 1.807) is 0 Å². The number of carbonyl (C=O) groups excluding carboxylic acids is 1. The van der Waals surface area contributed by atoms with Gasteiger partial charge >= 0.3 is 35.8 Å². The van der Waals surface area contributed by atoms with Crippen LogP contribution in [0.2, 0.25) is 0 Å². The summed E-state index contributed by atoms with van der Waals surface area (Å²) < 4.78 is 4.48. The Labute approximate surface area is 171 Å². The fourth-order valence-electron chi connectivity index (χ4n) is 1.02. The summed E-state index contributed by atoms with van der Waals surface area (Å²) in [4.78, 5) is 62.6. The number of aliphatic carboxylic acids is 5. The average molecular weight is 432 g/mol. The molecule has 0 aliphatic rings. The van der Waals surface area contributed by atoms with Crippen LogP contribution in [0.1, 0.15) is 27.2 Å². The van der Waals surface area contributed by atoms with Crippen molar-refractivity contribution in [2.75, 3.05) is 6.61 Å². The lowest BCUT2D eigenvalue weighted by Crippen LogP contribution is -2.47. The van der Waals surface area contributed by atoms with Gasteiger partial charge in [0.1, 0.15) is 0 Å². The van der Waals surface area contributed by atoms with Crippen LogP contribution < -0.4 is 0 Å². The van der Waals surface area contributed by atoms with Crippen LogP contribution in [-0.4, -0.2) is 68.0 Å². The molecule has 0 aromatic heterocycles. The van der Waals surface area contributed by atoms with E-state index in [1.807, 2.05) is 0 Å². The molecule has 0 saturated heterocycles. The molecule has 0 heterocycles. The summed E-state index contributed by atoms with van der Waals surface area (Å²) in [5.74, 6) is -8.83. The average Bonchev–Trinajstić information content (AvgIpc) is 2.58. The topological polar surface area (TPSA) is 213 Å². The SMILES string of the molecule is C=C(C)C(=O)O.C=C(C)C(=O)O.C=C(C)C(=O)OCCC(C(=O)O)(C(=O)O)C(=O)O. The molecule has 0 fully saturated rings. The Bertz CT molecular complexity index is 660. The summed E-state index contributed by atoms with van der Waals surface area (Å²) in [6.07, 6.45) is -0.883. The van der Waals surface area contributed by atoms with Crippen LogP contribution in [-0.2, 0) is 33.5 Å². The van der Waals surface area contributed by atoms with Crippen molar-refractivity contribution in [1.29, 1.82) is 0 Å². The highest BCUT2D eigenvalue weighted by molar-refractivity contribution is 6.16. The molecule has 5 N–H and O–H groups in total. The number of carboxylic acid groups (broad SMARTS) is 5. The van der Waals surface area contributed by atoms with Gasteiger partial charge in [0, 0.05) is 23.1 Å². The fourth-order valence-corrected chi connectivity index (χ4v) is 1.02. The zero-order valence-corrected chi connectivity index (χ0v) is 16.6. The standard InChI is InChI=1S/C10H12O8.2C4H6O2/c1-5(2)6(11)18-4-3-10(7(12)13,8(14)15)9(16)17;2*1-3(2)4(5)6/h1,3-4H2,2H3,(H,12,13)(H,14,15)(H,16,17);2*1H2,2H3,(H,5,6). The molecule has 0 radical (unpaired) electrons.